The maximum atomic E-state index is 2.48. The molecule has 0 N–H and O–H groups in total. The molecule has 276 valence electrons. The standard InChI is InChI=1S/C60H36/c1-4-16-43-37(12-1)15-11-23-44(43)38-24-26-39(27-25-38)55-36-58(57-35-42-14-3-6-18-46(42)48-20-8-10-22-50(48)57)54-31-29-40-28-30-51(52-32-33-53(55)60(54)59(40)52)56-34-41-13-2-5-17-45(41)47-19-7-9-21-49(47)56/h1-36H. The first kappa shape index (κ1) is 33.2. The second-order valence-electron chi connectivity index (χ2n) is 16.3. The number of rotatable bonds is 4. The minimum absolute atomic E-state index is 1.21. The highest BCUT2D eigenvalue weighted by Gasteiger charge is 2.21. The molecule has 13 aromatic carbocycles. The molecule has 0 aliphatic carbocycles. The van der Waals surface area contributed by atoms with Crippen molar-refractivity contribution in [3.63, 3.8) is 0 Å². The Balaban J connectivity index is 1.12. The highest BCUT2D eigenvalue weighted by atomic mass is 14.2. The number of hydrogen-bond acceptors (Lipinski definition) is 0. The summed E-state index contributed by atoms with van der Waals surface area (Å²) in [6.45, 7) is 0. The fourth-order valence-electron chi connectivity index (χ4n) is 10.5. The van der Waals surface area contributed by atoms with Crippen LogP contribution in [-0.2, 0) is 0 Å². The monoisotopic (exact) mass is 756 g/mol. The molecular weight excluding hydrogens is 721 g/mol. The van der Waals surface area contributed by atoms with Gasteiger partial charge in [-0.1, -0.05) is 200 Å². The third-order valence-electron chi connectivity index (χ3n) is 13.2. The average molecular weight is 757 g/mol. The fraction of sp³-hybridized carbons (Fsp3) is 0. The third kappa shape index (κ3) is 4.86. The van der Waals surface area contributed by atoms with Gasteiger partial charge < -0.3 is 0 Å². The summed E-state index contributed by atoms with van der Waals surface area (Å²) in [5.74, 6) is 0. The van der Waals surface area contributed by atoms with Crippen LogP contribution in [0.15, 0.2) is 218 Å². The maximum absolute atomic E-state index is 2.48. The Kier molecular flexibility index (Phi) is 7.11. The molecule has 0 saturated heterocycles. The summed E-state index contributed by atoms with van der Waals surface area (Å²) in [5.41, 5.74) is 9.99. The minimum atomic E-state index is 1.21. The minimum Gasteiger partial charge on any atom is -0.0616 e. The van der Waals surface area contributed by atoms with E-state index in [2.05, 4.69) is 218 Å². The van der Waals surface area contributed by atoms with Gasteiger partial charge in [0.2, 0.25) is 0 Å². The highest BCUT2D eigenvalue weighted by molar-refractivity contribution is 6.32. The molecule has 0 bridgehead atoms. The van der Waals surface area contributed by atoms with Crippen molar-refractivity contribution in [2.45, 2.75) is 0 Å². The first-order chi connectivity index (χ1) is 29.8. The van der Waals surface area contributed by atoms with Gasteiger partial charge in [0.1, 0.15) is 0 Å². The smallest absolute Gasteiger partial charge is 0.00141 e. The van der Waals surface area contributed by atoms with E-state index in [0.717, 1.165) is 0 Å². The molecule has 0 radical (unpaired) electrons. The van der Waals surface area contributed by atoms with Gasteiger partial charge in [0, 0.05) is 0 Å². The zero-order valence-electron chi connectivity index (χ0n) is 32.8. The average Bonchev–Trinajstić information content (AvgIpc) is 3.32. The van der Waals surface area contributed by atoms with Gasteiger partial charge in [-0.05, 0) is 149 Å². The SMILES string of the molecule is c1ccc2c(-c3ccc(-c4cc(-c5cc6ccccc6c6ccccc56)c5ccc6ccc(-c7cc8ccccc8c8ccccc78)c7ccc4c5c67)cc3)cccc2c1. The molecule has 0 aliphatic rings. The summed E-state index contributed by atoms with van der Waals surface area (Å²) >= 11 is 0. The molecular formula is C60H36. The molecule has 0 heterocycles. The molecule has 0 spiro atoms. The predicted molar refractivity (Wildman–Crippen MR) is 259 cm³/mol. The van der Waals surface area contributed by atoms with E-state index in [4.69, 9.17) is 0 Å². The van der Waals surface area contributed by atoms with Crippen molar-refractivity contribution < 1.29 is 0 Å². The van der Waals surface area contributed by atoms with E-state index in [1.807, 2.05) is 0 Å². The van der Waals surface area contributed by atoms with Gasteiger partial charge in [-0.15, -0.1) is 0 Å². The summed E-state index contributed by atoms with van der Waals surface area (Å²) < 4.78 is 0. The molecule has 0 heteroatoms. The van der Waals surface area contributed by atoms with Crippen molar-refractivity contribution in [1.82, 2.24) is 0 Å². The largest absolute Gasteiger partial charge is 0.0616 e. The van der Waals surface area contributed by atoms with Crippen LogP contribution < -0.4 is 0 Å². The van der Waals surface area contributed by atoms with Gasteiger partial charge in [0.15, 0.2) is 0 Å². The highest BCUT2D eigenvalue weighted by Crippen LogP contribution is 2.49. The van der Waals surface area contributed by atoms with Gasteiger partial charge in [-0.25, -0.2) is 0 Å². The van der Waals surface area contributed by atoms with Crippen molar-refractivity contribution in [2.24, 2.45) is 0 Å². The van der Waals surface area contributed by atoms with Crippen molar-refractivity contribution in [3.8, 4) is 44.5 Å². The van der Waals surface area contributed by atoms with Gasteiger partial charge in [0.25, 0.3) is 0 Å². The molecule has 0 amide bonds. The molecule has 13 aromatic rings. The Morgan fingerprint density at radius 3 is 1.25 bits per heavy atom. The topological polar surface area (TPSA) is 0 Å². The molecule has 0 aromatic heterocycles. The molecule has 60 heavy (non-hydrogen) atoms. The van der Waals surface area contributed by atoms with Crippen LogP contribution in [0.5, 0.6) is 0 Å². The van der Waals surface area contributed by atoms with E-state index < -0.39 is 0 Å². The predicted octanol–water partition coefficient (Wildman–Crippen LogP) is 17.0. The van der Waals surface area contributed by atoms with Crippen LogP contribution in [0, 0.1) is 0 Å². The number of hydrogen-bond donors (Lipinski definition) is 0. The molecule has 0 atom stereocenters. The molecule has 0 saturated carbocycles. The van der Waals surface area contributed by atoms with Gasteiger partial charge in [-0.2, -0.15) is 0 Å². The van der Waals surface area contributed by atoms with Crippen LogP contribution in [0.3, 0.4) is 0 Å². The number of fused-ring (bicyclic) bond motifs is 7. The van der Waals surface area contributed by atoms with E-state index in [1.54, 1.807) is 0 Å². The van der Waals surface area contributed by atoms with Crippen LogP contribution in [0.2, 0.25) is 0 Å². The van der Waals surface area contributed by atoms with Crippen LogP contribution in [0.1, 0.15) is 0 Å². The molecule has 0 fully saturated rings. The Labute approximate surface area is 347 Å². The van der Waals surface area contributed by atoms with Crippen molar-refractivity contribution >= 4 is 86.2 Å². The third-order valence-corrected chi connectivity index (χ3v) is 13.2. The lowest BCUT2D eigenvalue weighted by atomic mass is 9.82. The molecule has 13 rings (SSSR count). The normalized spacial score (nSPS) is 12.0. The summed E-state index contributed by atoms with van der Waals surface area (Å²) in [6.07, 6.45) is 0. The second kappa shape index (κ2) is 12.9. The van der Waals surface area contributed by atoms with E-state index in [1.165, 1.54) is 131 Å². The van der Waals surface area contributed by atoms with Crippen LogP contribution in [-0.4, -0.2) is 0 Å². The fourth-order valence-corrected chi connectivity index (χ4v) is 10.5. The van der Waals surface area contributed by atoms with Crippen LogP contribution in [0.25, 0.3) is 131 Å². The lowest BCUT2D eigenvalue weighted by Gasteiger charge is -2.21. The Morgan fingerprint density at radius 1 is 0.167 bits per heavy atom. The second-order valence-corrected chi connectivity index (χ2v) is 16.3. The summed E-state index contributed by atoms with van der Waals surface area (Å²) in [7, 11) is 0. The Morgan fingerprint density at radius 2 is 0.600 bits per heavy atom. The van der Waals surface area contributed by atoms with Crippen molar-refractivity contribution in [1.29, 1.82) is 0 Å². The van der Waals surface area contributed by atoms with Crippen molar-refractivity contribution in [2.75, 3.05) is 0 Å². The lowest BCUT2D eigenvalue weighted by molar-refractivity contribution is 1.63. The van der Waals surface area contributed by atoms with Crippen LogP contribution in [0.4, 0.5) is 0 Å². The number of benzene rings is 13. The zero-order chi connectivity index (χ0) is 39.3. The van der Waals surface area contributed by atoms with E-state index >= 15 is 0 Å². The molecule has 0 aliphatic heterocycles. The summed E-state index contributed by atoms with van der Waals surface area (Å²) in [5, 5.41) is 20.5. The Bertz CT molecular complexity index is 3860. The van der Waals surface area contributed by atoms with E-state index in [-0.39, 0.29) is 0 Å². The van der Waals surface area contributed by atoms with Crippen LogP contribution >= 0.6 is 0 Å². The van der Waals surface area contributed by atoms with E-state index in [9.17, 15) is 0 Å². The van der Waals surface area contributed by atoms with Crippen molar-refractivity contribution in [3.05, 3.63) is 218 Å². The lowest BCUT2D eigenvalue weighted by Crippen LogP contribution is -1.94. The first-order valence-electron chi connectivity index (χ1n) is 20.9. The quantitative estimate of drug-likeness (QED) is 0.157. The van der Waals surface area contributed by atoms with Gasteiger partial charge >= 0.3 is 0 Å². The van der Waals surface area contributed by atoms with Gasteiger partial charge in [0.05, 0.1) is 0 Å². The summed E-state index contributed by atoms with van der Waals surface area (Å²) in [4.78, 5) is 0. The van der Waals surface area contributed by atoms with Gasteiger partial charge in [-0.3, -0.25) is 0 Å². The Hall–Kier alpha value is -7.80. The molecule has 0 unspecified atom stereocenters. The summed E-state index contributed by atoms with van der Waals surface area (Å²) in [6, 6.07) is 81.5. The maximum Gasteiger partial charge on any atom is -0.00141 e. The molecule has 0 nitrogen and oxygen atoms in total. The zero-order valence-corrected chi connectivity index (χ0v) is 32.8. The first-order valence-corrected chi connectivity index (χ1v) is 20.9. The van der Waals surface area contributed by atoms with E-state index in [0.29, 0.717) is 0 Å².